The lowest BCUT2D eigenvalue weighted by molar-refractivity contribution is -0.122. The Morgan fingerprint density at radius 3 is 2.63 bits per heavy atom. The molecule has 0 aliphatic heterocycles. The molecule has 5 nitrogen and oxygen atoms in total. The van der Waals surface area contributed by atoms with E-state index in [-0.39, 0.29) is 11.8 Å². The van der Waals surface area contributed by atoms with Crippen molar-refractivity contribution in [3.63, 3.8) is 0 Å². The van der Waals surface area contributed by atoms with Gasteiger partial charge in [0.2, 0.25) is 5.91 Å². The van der Waals surface area contributed by atoms with Crippen LogP contribution in [0.4, 0.5) is 0 Å². The van der Waals surface area contributed by atoms with Gasteiger partial charge in [-0.2, -0.15) is 0 Å². The molecule has 2 amide bonds. The van der Waals surface area contributed by atoms with Crippen LogP contribution in [-0.2, 0) is 11.2 Å². The van der Waals surface area contributed by atoms with E-state index in [2.05, 4.69) is 10.6 Å². The van der Waals surface area contributed by atoms with Crippen LogP contribution in [0.25, 0.3) is 0 Å². The molecular formula is C14H21N3O2. The summed E-state index contributed by atoms with van der Waals surface area (Å²) in [5.74, 6) is -0.435. The predicted octanol–water partition coefficient (Wildman–Crippen LogP) is 0.442. The Balaban J connectivity index is 2.75. The fourth-order valence-corrected chi connectivity index (χ4v) is 1.78. The number of nitrogens with two attached hydrogens (primary N) is 1. The van der Waals surface area contributed by atoms with Gasteiger partial charge in [-0.25, -0.2) is 0 Å². The first-order chi connectivity index (χ1) is 9.10. The maximum absolute atomic E-state index is 12.1. The van der Waals surface area contributed by atoms with Crippen molar-refractivity contribution in [3.05, 3.63) is 35.4 Å². The third-order valence-electron chi connectivity index (χ3n) is 2.77. The van der Waals surface area contributed by atoms with Crippen LogP contribution in [0.1, 0.15) is 29.8 Å². The Labute approximate surface area is 113 Å². The molecule has 0 bridgehead atoms. The summed E-state index contributed by atoms with van der Waals surface area (Å²) in [6.07, 6.45) is 0.638. The minimum atomic E-state index is -0.557. The molecule has 0 aromatic heterocycles. The van der Waals surface area contributed by atoms with Gasteiger partial charge in [0.05, 0.1) is 0 Å². The van der Waals surface area contributed by atoms with Crippen LogP contribution in [0.3, 0.4) is 0 Å². The zero-order chi connectivity index (χ0) is 14.3. The van der Waals surface area contributed by atoms with Gasteiger partial charge in [-0.3, -0.25) is 9.59 Å². The number of carbonyl (C=O) groups is 2. The minimum Gasteiger partial charge on any atom is -0.355 e. The average molecular weight is 263 g/mol. The van der Waals surface area contributed by atoms with E-state index in [1.54, 1.807) is 19.1 Å². The summed E-state index contributed by atoms with van der Waals surface area (Å²) in [6.45, 7) is 4.52. The average Bonchev–Trinajstić information content (AvgIpc) is 2.39. The molecule has 1 rings (SSSR count). The molecule has 1 aromatic carbocycles. The lowest BCUT2D eigenvalue weighted by Crippen LogP contribution is -2.44. The van der Waals surface area contributed by atoms with Crippen molar-refractivity contribution in [3.8, 4) is 0 Å². The first-order valence-electron chi connectivity index (χ1n) is 6.46. The summed E-state index contributed by atoms with van der Waals surface area (Å²) in [6, 6.07) is 6.72. The normalized spacial score (nSPS) is 11.7. The quantitative estimate of drug-likeness (QED) is 0.696. The summed E-state index contributed by atoms with van der Waals surface area (Å²) >= 11 is 0. The largest absolute Gasteiger partial charge is 0.355 e. The zero-order valence-electron chi connectivity index (χ0n) is 11.4. The summed E-state index contributed by atoms with van der Waals surface area (Å²) in [4.78, 5) is 23.7. The number of carbonyl (C=O) groups excluding carboxylic acids is 2. The highest BCUT2D eigenvalue weighted by molar-refractivity contribution is 5.98. The Kier molecular flexibility index (Phi) is 6.02. The molecule has 0 aliphatic rings. The van der Waals surface area contributed by atoms with Crippen LogP contribution in [0.15, 0.2) is 24.3 Å². The topological polar surface area (TPSA) is 84.2 Å². The Morgan fingerprint density at radius 1 is 1.32 bits per heavy atom. The molecule has 0 spiro atoms. The Morgan fingerprint density at radius 2 is 2.00 bits per heavy atom. The van der Waals surface area contributed by atoms with E-state index in [1.807, 2.05) is 19.1 Å². The molecule has 0 heterocycles. The Hall–Kier alpha value is -1.88. The molecule has 104 valence electrons. The first kappa shape index (κ1) is 15.2. The highest BCUT2D eigenvalue weighted by atomic mass is 16.2. The van der Waals surface area contributed by atoms with Crippen LogP contribution in [0, 0.1) is 0 Å². The molecule has 1 unspecified atom stereocenters. The second kappa shape index (κ2) is 7.53. The number of likely N-dealkylation sites (N-methyl/N-ethyl adjacent to an activating group) is 1. The Bertz CT molecular complexity index is 446. The van der Waals surface area contributed by atoms with Gasteiger partial charge < -0.3 is 16.4 Å². The number of amides is 2. The van der Waals surface area contributed by atoms with Crippen LogP contribution in [0.2, 0.25) is 0 Å². The van der Waals surface area contributed by atoms with Crippen molar-refractivity contribution in [1.29, 1.82) is 0 Å². The van der Waals surface area contributed by atoms with Crippen molar-refractivity contribution >= 4 is 11.8 Å². The third-order valence-corrected chi connectivity index (χ3v) is 2.77. The smallest absolute Gasteiger partial charge is 0.252 e. The fraction of sp³-hybridized carbons (Fsp3) is 0.429. The number of nitrogens with one attached hydrogen (secondary N) is 2. The molecule has 1 aromatic rings. The monoisotopic (exact) mass is 263 g/mol. The fourth-order valence-electron chi connectivity index (χ4n) is 1.78. The molecule has 0 saturated heterocycles. The van der Waals surface area contributed by atoms with Gasteiger partial charge in [-0.15, -0.1) is 0 Å². The maximum Gasteiger partial charge on any atom is 0.252 e. The van der Waals surface area contributed by atoms with Gasteiger partial charge >= 0.3 is 0 Å². The van der Waals surface area contributed by atoms with Crippen molar-refractivity contribution in [1.82, 2.24) is 10.6 Å². The molecule has 19 heavy (non-hydrogen) atoms. The molecule has 0 fully saturated rings. The molecule has 0 radical (unpaired) electrons. The predicted molar refractivity (Wildman–Crippen MR) is 74.8 cm³/mol. The zero-order valence-corrected chi connectivity index (χ0v) is 11.4. The van der Waals surface area contributed by atoms with E-state index in [9.17, 15) is 9.59 Å². The van der Waals surface area contributed by atoms with E-state index in [4.69, 9.17) is 5.73 Å². The summed E-state index contributed by atoms with van der Waals surface area (Å²) < 4.78 is 0. The highest BCUT2D eigenvalue weighted by Gasteiger charge is 2.17. The summed E-state index contributed by atoms with van der Waals surface area (Å²) in [5.41, 5.74) is 6.99. The van der Waals surface area contributed by atoms with Crippen LogP contribution < -0.4 is 16.4 Å². The maximum atomic E-state index is 12.1. The van der Waals surface area contributed by atoms with Crippen molar-refractivity contribution in [2.24, 2.45) is 5.73 Å². The van der Waals surface area contributed by atoms with Crippen LogP contribution in [0.5, 0.6) is 0 Å². The second-order valence-electron chi connectivity index (χ2n) is 4.29. The first-order valence-corrected chi connectivity index (χ1v) is 6.46. The van der Waals surface area contributed by atoms with Gasteiger partial charge in [0, 0.05) is 12.1 Å². The number of hydrogen-bond acceptors (Lipinski definition) is 3. The number of hydrogen-bond donors (Lipinski definition) is 3. The third kappa shape index (κ3) is 4.37. The van der Waals surface area contributed by atoms with Gasteiger partial charge in [0.1, 0.15) is 6.04 Å². The van der Waals surface area contributed by atoms with Gasteiger partial charge in [0.25, 0.3) is 5.91 Å². The van der Waals surface area contributed by atoms with E-state index < -0.39 is 6.04 Å². The van der Waals surface area contributed by atoms with Crippen LogP contribution in [-0.4, -0.2) is 30.9 Å². The van der Waals surface area contributed by atoms with Gasteiger partial charge in [-0.1, -0.05) is 18.2 Å². The van der Waals surface area contributed by atoms with E-state index in [0.717, 1.165) is 5.56 Å². The molecule has 1 atom stereocenters. The lowest BCUT2D eigenvalue weighted by Gasteiger charge is -2.15. The van der Waals surface area contributed by atoms with E-state index >= 15 is 0 Å². The standard InChI is InChI=1S/C14H21N3O2/c1-3-16-13(18)10(2)17-14(19)12-7-5-4-6-11(12)8-9-15/h4-7,10H,3,8-9,15H2,1-2H3,(H,16,18)(H,17,19). The van der Waals surface area contributed by atoms with E-state index in [0.29, 0.717) is 25.1 Å². The minimum absolute atomic E-state index is 0.188. The molecule has 5 heteroatoms. The van der Waals surface area contributed by atoms with Gasteiger partial charge in [0.15, 0.2) is 0 Å². The highest BCUT2D eigenvalue weighted by Crippen LogP contribution is 2.09. The summed E-state index contributed by atoms with van der Waals surface area (Å²) in [7, 11) is 0. The number of benzene rings is 1. The number of rotatable bonds is 6. The molecule has 0 aliphatic carbocycles. The molecular weight excluding hydrogens is 242 g/mol. The van der Waals surface area contributed by atoms with E-state index in [1.165, 1.54) is 0 Å². The summed E-state index contributed by atoms with van der Waals surface area (Å²) in [5, 5.41) is 5.36. The molecule has 0 saturated carbocycles. The van der Waals surface area contributed by atoms with Crippen LogP contribution >= 0.6 is 0 Å². The lowest BCUT2D eigenvalue weighted by atomic mass is 10.0. The molecule has 4 N–H and O–H groups in total. The van der Waals surface area contributed by atoms with Crippen molar-refractivity contribution in [2.75, 3.05) is 13.1 Å². The van der Waals surface area contributed by atoms with Crippen molar-refractivity contribution < 1.29 is 9.59 Å². The second-order valence-corrected chi connectivity index (χ2v) is 4.29. The van der Waals surface area contributed by atoms with Crippen molar-refractivity contribution in [2.45, 2.75) is 26.3 Å². The SMILES string of the molecule is CCNC(=O)C(C)NC(=O)c1ccccc1CCN. The van der Waals surface area contributed by atoms with Gasteiger partial charge in [-0.05, 0) is 38.4 Å².